The van der Waals surface area contributed by atoms with Gasteiger partial charge in [0.05, 0.1) is 6.20 Å². The lowest BCUT2D eigenvalue weighted by molar-refractivity contribution is 0.0650. The number of carbonyl (C=O) groups is 2. The molecule has 0 atom stereocenters. The zero-order valence-electron chi connectivity index (χ0n) is 19.2. The number of ether oxygens (including phenoxy) is 1. The zero-order valence-corrected chi connectivity index (χ0v) is 19.2. The third-order valence-corrected chi connectivity index (χ3v) is 6.01. The molecule has 0 bridgehead atoms. The minimum atomic E-state index is -0.0275. The minimum absolute atomic E-state index is 0.00753. The van der Waals surface area contributed by atoms with E-state index in [1.807, 2.05) is 29.2 Å². The van der Waals surface area contributed by atoms with Crippen molar-refractivity contribution in [1.82, 2.24) is 9.88 Å². The first-order valence-corrected chi connectivity index (χ1v) is 11.6. The van der Waals surface area contributed by atoms with Crippen LogP contribution in [0, 0.1) is 11.8 Å². The predicted molar refractivity (Wildman–Crippen MR) is 129 cm³/mol. The number of aromatic nitrogens is 1. The number of pyridine rings is 1. The number of ketones is 1. The van der Waals surface area contributed by atoms with Crippen molar-refractivity contribution >= 4 is 11.7 Å². The van der Waals surface area contributed by atoms with Crippen molar-refractivity contribution in [3.63, 3.8) is 0 Å². The summed E-state index contributed by atoms with van der Waals surface area (Å²) in [5, 5.41) is 0. The van der Waals surface area contributed by atoms with Gasteiger partial charge in [-0.05, 0) is 67.1 Å². The Morgan fingerprint density at radius 3 is 2.21 bits per heavy atom. The van der Waals surface area contributed by atoms with Crippen LogP contribution in [0.3, 0.4) is 0 Å². The summed E-state index contributed by atoms with van der Waals surface area (Å²) in [5.74, 6) is 2.06. The number of hydrogen-bond donors (Lipinski definition) is 0. The molecule has 2 heterocycles. The Labute approximate surface area is 195 Å². The van der Waals surface area contributed by atoms with Crippen LogP contribution in [0.15, 0.2) is 73.1 Å². The highest BCUT2D eigenvalue weighted by Gasteiger charge is 2.28. The van der Waals surface area contributed by atoms with E-state index in [0.717, 1.165) is 12.0 Å². The third-order valence-electron chi connectivity index (χ3n) is 6.01. The average molecular weight is 443 g/mol. The minimum Gasteiger partial charge on any atom is -0.456 e. The summed E-state index contributed by atoms with van der Waals surface area (Å²) >= 11 is 0. The second kappa shape index (κ2) is 10.4. The van der Waals surface area contributed by atoms with Crippen molar-refractivity contribution in [1.29, 1.82) is 0 Å². The molecule has 1 saturated heterocycles. The molecule has 0 N–H and O–H groups in total. The first-order valence-electron chi connectivity index (χ1n) is 11.6. The van der Waals surface area contributed by atoms with Crippen molar-refractivity contribution in [2.75, 3.05) is 13.1 Å². The fourth-order valence-electron chi connectivity index (χ4n) is 4.25. The van der Waals surface area contributed by atoms with Gasteiger partial charge in [0, 0.05) is 36.3 Å². The van der Waals surface area contributed by atoms with Crippen molar-refractivity contribution in [3.05, 3.63) is 89.7 Å². The molecule has 3 aromatic rings. The molecule has 1 aliphatic rings. The lowest BCUT2D eigenvalue weighted by Gasteiger charge is -2.31. The quantitative estimate of drug-likeness (QED) is 0.434. The number of likely N-dealkylation sites (tertiary alicyclic amines) is 1. The smallest absolute Gasteiger partial charge is 0.253 e. The molecule has 170 valence electrons. The Hall–Kier alpha value is -3.47. The van der Waals surface area contributed by atoms with Crippen LogP contribution in [0.4, 0.5) is 0 Å². The molecule has 1 aromatic heterocycles. The summed E-state index contributed by atoms with van der Waals surface area (Å²) in [6.45, 7) is 5.57. The molecule has 0 aliphatic carbocycles. The van der Waals surface area contributed by atoms with E-state index >= 15 is 0 Å². The number of Topliss-reactive ketones (excluding diaryl/α,β-unsaturated/α-hetero) is 1. The Bertz CT molecular complexity index is 1070. The van der Waals surface area contributed by atoms with E-state index in [9.17, 15) is 9.59 Å². The van der Waals surface area contributed by atoms with Crippen molar-refractivity contribution in [2.45, 2.75) is 33.1 Å². The lowest BCUT2D eigenvalue weighted by Crippen LogP contribution is -2.40. The molecule has 1 fully saturated rings. The summed E-state index contributed by atoms with van der Waals surface area (Å²) in [7, 11) is 0. The van der Waals surface area contributed by atoms with Crippen molar-refractivity contribution < 1.29 is 14.3 Å². The Morgan fingerprint density at radius 2 is 1.61 bits per heavy atom. The maximum Gasteiger partial charge on any atom is 0.253 e. The van der Waals surface area contributed by atoms with Gasteiger partial charge in [0.15, 0.2) is 5.78 Å². The van der Waals surface area contributed by atoms with E-state index in [-0.39, 0.29) is 17.6 Å². The standard InChI is InChI=1S/C28H30N2O3/c1-20(2)18-21-5-7-22(8-6-21)27(31)23-13-16-30(17-14-23)28(32)24-9-11-25(12-10-24)33-26-4-3-15-29-19-26/h3-12,15,19-20,23H,13-14,16-18H2,1-2H3. The van der Waals surface area contributed by atoms with E-state index < -0.39 is 0 Å². The van der Waals surface area contributed by atoms with E-state index in [1.165, 1.54) is 5.56 Å². The van der Waals surface area contributed by atoms with E-state index in [0.29, 0.717) is 48.9 Å². The van der Waals surface area contributed by atoms with Crippen LogP contribution in [0.5, 0.6) is 11.5 Å². The summed E-state index contributed by atoms with van der Waals surface area (Å²) in [5.41, 5.74) is 2.66. The van der Waals surface area contributed by atoms with Crippen molar-refractivity contribution in [2.24, 2.45) is 11.8 Å². The molecule has 1 aliphatic heterocycles. The molecule has 2 aromatic carbocycles. The highest BCUT2D eigenvalue weighted by atomic mass is 16.5. The van der Waals surface area contributed by atoms with Gasteiger partial charge in [-0.15, -0.1) is 0 Å². The highest BCUT2D eigenvalue weighted by molar-refractivity contribution is 5.98. The maximum absolute atomic E-state index is 12.9. The Kier molecular flexibility index (Phi) is 7.18. The van der Waals surface area contributed by atoms with Crippen LogP contribution in [0.1, 0.15) is 53.0 Å². The molecule has 1 amide bonds. The van der Waals surface area contributed by atoms with Gasteiger partial charge >= 0.3 is 0 Å². The normalized spacial score (nSPS) is 14.3. The van der Waals surface area contributed by atoms with Crippen LogP contribution >= 0.6 is 0 Å². The van der Waals surface area contributed by atoms with Crippen LogP contribution in [-0.2, 0) is 6.42 Å². The topological polar surface area (TPSA) is 59.5 Å². The number of benzene rings is 2. The zero-order chi connectivity index (χ0) is 23.2. The molecule has 33 heavy (non-hydrogen) atoms. The van der Waals surface area contributed by atoms with E-state index in [1.54, 1.807) is 36.7 Å². The number of piperidine rings is 1. The summed E-state index contributed by atoms with van der Waals surface area (Å²) in [6, 6.07) is 18.8. The molecule has 0 radical (unpaired) electrons. The van der Waals surface area contributed by atoms with Gasteiger partial charge < -0.3 is 9.64 Å². The number of rotatable bonds is 7. The summed E-state index contributed by atoms with van der Waals surface area (Å²) in [6.07, 6.45) is 5.74. The van der Waals surface area contributed by atoms with Gasteiger partial charge in [-0.2, -0.15) is 0 Å². The van der Waals surface area contributed by atoms with Gasteiger partial charge in [-0.3, -0.25) is 14.6 Å². The molecule has 5 nitrogen and oxygen atoms in total. The third kappa shape index (κ3) is 5.86. The molecular formula is C28H30N2O3. The second-order valence-corrected chi connectivity index (χ2v) is 9.04. The van der Waals surface area contributed by atoms with Gasteiger partial charge in [0.1, 0.15) is 11.5 Å². The lowest BCUT2D eigenvalue weighted by atomic mass is 9.88. The van der Waals surface area contributed by atoms with Gasteiger partial charge in [0.25, 0.3) is 5.91 Å². The SMILES string of the molecule is CC(C)Cc1ccc(C(=O)C2CCN(C(=O)c3ccc(Oc4cccnc4)cc3)CC2)cc1. The largest absolute Gasteiger partial charge is 0.456 e. The second-order valence-electron chi connectivity index (χ2n) is 9.04. The Balaban J connectivity index is 1.31. The molecular weight excluding hydrogens is 412 g/mol. The van der Waals surface area contributed by atoms with Crippen LogP contribution < -0.4 is 4.74 Å². The fourth-order valence-corrected chi connectivity index (χ4v) is 4.25. The molecule has 5 heteroatoms. The van der Waals surface area contributed by atoms with Gasteiger partial charge in [-0.1, -0.05) is 38.1 Å². The van der Waals surface area contributed by atoms with Crippen LogP contribution in [0.2, 0.25) is 0 Å². The first-order chi connectivity index (χ1) is 16.0. The van der Waals surface area contributed by atoms with E-state index in [4.69, 9.17) is 4.74 Å². The Morgan fingerprint density at radius 1 is 0.939 bits per heavy atom. The summed E-state index contributed by atoms with van der Waals surface area (Å²) < 4.78 is 5.74. The monoisotopic (exact) mass is 442 g/mol. The van der Waals surface area contributed by atoms with Crippen LogP contribution in [0.25, 0.3) is 0 Å². The predicted octanol–water partition coefficient (Wildman–Crippen LogP) is 5.81. The maximum atomic E-state index is 12.9. The number of carbonyl (C=O) groups excluding carboxylic acids is 2. The number of amides is 1. The van der Waals surface area contributed by atoms with Crippen LogP contribution in [-0.4, -0.2) is 34.7 Å². The molecule has 0 saturated carbocycles. The summed E-state index contributed by atoms with van der Waals surface area (Å²) in [4.78, 5) is 31.7. The highest BCUT2D eigenvalue weighted by Crippen LogP contribution is 2.25. The number of hydrogen-bond acceptors (Lipinski definition) is 4. The molecule has 0 spiro atoms. The van der Waals surface area contributed by atoms with Gasteiger partial charge in [-0.25, -0.2) is 0 Å². The number of nitrogens with zero attached hydrogens (tertiary/aromatic N) is 2. The molecule has 4 rings (SSSR count). The fraction of sp³-hybridized carbons (Fsp3) is 0.321. The van der Waals surface area contributed by atoms with Gasteiger partial charge in [0.2, 0.25) is 0 Å². The first kappa shape index (κ1) is 22.7. The average Bonchev–Trinajstić information content (AvgIpc) is 2.84. The molecule has 0 unspecified atom stereocenters. The van der Waals surface area contributed by atoms with E-state index in [2.05, 4.69) is 31.0 Å². The van der Waals surface area contributed by atoms with Crippen molar-refractivity contribution in [3.8, 4) is 11.5 Å².